The van der Waals surface area contributed by atoms with Crippen LogP contribution in [0.3, 0.4) is 0 Å². The summed E-state index contributed by atoms with van der Waals surface area (Å²) in [6.45, 7) is 10.7. The Kier molecular flexibility index (Phi) is 3.98. The molecule has 0 amide bonds. The van der Waals surface area contributed by atoms with Gasteiger partial charge in [0.05, 0.1) is 17.1 Å². The second-order valence-corrected chi connectivity index (χ2v) is 6.07. The number of likely N-dealkylation sites (tertiary alicyclic amines) is 1. The zero-order valence-electron chi connectivity index (χ0n) is 11.0. The number of nitriles is 1. The number of hydrogen-bond acceptors (Lipinski definition) is 3. The van der Waals surface area contributed by atoms with E-state index in [0.29, 0.717) is 5.92 Å². The van der Waals surface area contributed by atoms with Crippen molar-refractivity contribution in [1.82, 2.24) is 4.90 Å². The average Bonchev–Trinajstić information content (AvgIpc) is 2.14. The first kappa shape index (κ1) is 13.5. The highest BCUT2D eigenvalue weighted by molar-refractivity contribution is 4.98. The van der Waals surface area contributed by atoms with Gasteiger partial charge in [-0.15, -0.1) is 0 Å². The molecule has 1 aliphatic heterocycles. The van der Waals surface area contributed by atoms with E-state index in [2.05, 4.69) is 24.8 Å². The van der Waals surface area contributed by atoms with E-state index < -0.39 is 5.60 Å². The van der Waals surface area contributed by atoms with Crippen molar-refractivity contribution in [3.8, 4) is 6.07 Å². The summed E-state index contributed by atoms with van der Waals surface area (Å²) < 4.78 is 0. The third-order valence-electron chi connectivity index (χ3n) is 3.65. The Morgan fingerprint density at radius 1 is 1.44 bits per heavy atom. The number of β-amino-alcohol motifs (C(OH)–C–C–N with tert-alkyl or cyclic N) is 1. The van der Waals surface area contributed by atoms with Crippen LogP contribution >= 0.6 is 0 Å². The lowest BCUT2D eigenvalue weighted by atomic mass is 9.82. The molecule has 0 unspecified atom stereocenters. The highest BCUT2D eigenvalue weighted by atomic mass is 16.3. The molecule has 1 saturated heterocycles. The molecule has 0 atom stereocenters. The molecule has 0 saturated carbocycles. The predicted molar refractivity (Wildman–Crippen MR) is 64.9 cm³/mol. The Hall–Kier alpha value is -0.590. The van der Waals surface area contributed by atoms with Gasteiger partial charge in [-0.25, -0.2) is 0 Å². The van der Waals surface area contributed by atoms with Crippen molar-refractivity contribution in [1.29, 1.82) is 5.26 Å². The Morgan fingerprint density at radius 3 is 2.44 bits per heavy atom. The minimum atomic E-state index is -0.468. The summed E-state index contributed by atoms with van der Waals surface area (Å²) >= 11 is 0. The van der Waals surface area contributed by atoms with E-state index in [-0.39, 0.29) is 5.41 Å². The van der Waals surface area contributed by atoms with Crippen LogP contribution in [0.1, 0.15) is 40.5 Å². The molecule has 1 fully saturated rings. The number of hydrogen-bond donors (Lipinski definition) is 1. The van der Waals surface area contributed by atoms with Crippen molar-refractivity contribution < 1.29 is 5.11 Å². The van der Waals surface area contributed by atoms with E-state index in [1.165, 1.54) is 0 Å². The van der Waals surface area contributed by atoms with E-state index >= 15 is 0 Å². The SMILES string of the molecule is CC(C)C1(O)CN(CCCC(C)(C)C#N)C1. The number of nitrogens with zero attached hydrogens (tertiary/aromatic N) is 2. The monoisotopic (exact) mass is 224 g/mol. The van der Waals surface area contributed by atoms with Gasteiger partial charge in [-0.2, -0.15) is 5.26 Å². The van der Waals surface area contributed by atoms with Crippen molar-refractivity contribution in [2.75, 3.05) is 19.6 Å². The topological polar surface area (TPSA) is 47.3 Å². The molecule has 0 bridgehead atoms. The van der Waals surface area contributed by atoms with Crippen LogP contribution in [0.5, 0.6) is 0 Å². The molecule has 1 heterocycles. The van der Waals surface area contributed by atoms with Gasteiger partial charge in [-0.05, 0) is 39.2 Å². The van der Waals surface area contributed by atoms with Gasteiger partial charge in [-0.3, -0.25) is 4.90 Å². The Labute approximate surface area is 99.1 Å². The zero-order chi connectivity index (χ0) is 12.4. The quantitative estimate of drug-likeness (QED) is 0.777. The second kappa shape index (κ2) is 4.73. The molecule has 3 heteroatoms. The lowest BCUT2D eigenvalue weighted by molar-refractivity contribution is -0.127. The van der Waals surface area contributed by atoms with Crippen molar-refractivity contribution in [3.05, 3.63) is 0 Å². The summed E-state index contributed by atoms with van der Waals surface area (Å²) in [6.07, 6.45) is 1.97. The van der Waals surface area contributed by atoms with Gasteiger partial charge in [0.1, 0.15) is 0 Å². The molecule has 0 aromatic carbocycles. The smallest absolute Gasteiger partial charge is 0.0922 e. The number of rotatable bonds is 5. The maximum Gasteiger partial charge on any atom is 0.0922 e. The molecule has 1 rings (SSSR count). The first-order chi connectivity index (χ1) is 7.29. The fourth-order valence-corrected chi connectivity index (χ4v) is 2.05. The van der Waals surface area contributed by atoms with Crippen molar-refractivity contribution in [3.63, 3.8) is 0 Å². The fourth-order valence-electron chi connectivity index (χ4n) is 2.05. The molecular weight excluding hydrogens is 200 g/mol. The average molecular weight is 224 g/mol. The Bertz CT molecular complexity index is 272. The second-order valence-electron chi connectivity index (χ2n) is 6.07. The van der Waals surface area contributed by atoms with E-state index in [0.717, 1.165) is 32.5 Å². The van der Waals surface area contributed by atoms with Gasteiger partial charge < -0.3 is 5.11 Å². The zero-order valence-corrected chi connectivity index (χ0v) is 11.0. The van der Waals surface area contributed by atoms with E-state index in [9.17, 15) is 5.11 Å². The Morgan fingerprint density at radius 2 is 2.00 bits per heavy atom. The van der Waals surface area contributed by atoms with Crippen LogP contribution in [0.25, 0.3) is 0 Å². The molecule has 0 aliphatic carbocycles. The highest BCUT2D eigenvalue weighted by Gasteiger charge is 2.43. The van der Waals surface area contributed by atoms with Gasteiger partial charge >= 0.3 is 0 Å². The normalized spacial score (nSPS) is 20.6. The van der Waals surface area contributed by atoms with E-state index in [4.69, 9.17) is 5.26 Å². The van der Waals surface area contributed by atoms with Crippen molar-refractivity contribution >= 4 is 0 Å². The lowest BCUT2D eigenvalue weighted by Gasteiger charge is -2.49. The Balaban J connectivity index is 2.18. The maximum absolute atomic E-state index is 10.1. The molecular formula is C13H24N2O. The fraction of sp³-hybridized carbons (Fsp3) is 0.923. The molecule has 0 radical (unpaired) electrons. The molecule has 1 aliphatic rings. The summed E-state index contributed by atoms with van der Waals surface area (Å²) in [4.78, 5) is 2.27. The third kappa shape index (κ3) is 3.20. The molecule has 0 aromatic rings. The summed E-state index contributed by atoms with van der Waals surface area (Å²) in [7, 11) is 0. The summed E-state index contributed by atoms with van der Waals surface area (Å²) in [5, 5.41) is 19.0. The van der Waals surface area contributed by atoms with Crippen molar-refractivity contribution in [2.24, 2.45) is 11.3 Å². The van der Waals surface area contributed by atoms with Crippen LogP contribution in [-0.4, -0.2) is 35.2 Å². The summed E-state index contributed by atoms with van der Waals surface area (Å²) in [5.41, 5.74) is -0.677. The van der Waals surface area contributed by atoms with Crippen LogP contribution in [0, 0.1) is 22.7 Å². The van der Waals surface area contributed by atoms with Gasteiger partial charge in [0.25, 0.3) is 0 Å². The molecule has 92 valence electrons. The maximum atomic E-state index is 10.1. The van der Waals surface area contributed by atoms with E-state index in [1.54, 1.807) is 0 Å². The summed E-state index contributed by atoms with van der Waals surface area (Å²) in [6, 6.07) is 2.32. The van der Waals surface area contributed by atoms with Gasteiger partial charge in [0, 0.05) is 13.1 Å². The molecule has 1 N–H and O–H groups in total. The van der Waals surface area contributed by atoms with Crippen LogP contribution in [0.15, 0.2) is 0 Å². The first-order valence-corrected chi connectivity index (χ1v) is 6.15. The minimum absolute atomic E-state index is 0.209. The lowest BCUT2D eigenvalue weighted by Crippen LogP contribution is -2.64. The van der Waals surface area contributed by atoms with Crippen LogP contribution in [0.2, 0.25) is 0 Å². The highest BCUT2D eigenvalue weighted by Crippen LogP contribution is 2.29. The number of aliphatic hydroxyl groups is 1. The predicted octanol–water partition coefficient (Wildman–Crippen LogP) is 2.02. The minimum Gasteiger partial charge on any atom is -0.387 e. The van der Waals surface area contributed by atoms with Gasteiger partial charge in [0.2, 0.25) is 0 Å². The van der Waals surface area contributed by atoms with Crippen molar-refractivity contribution in [2.45, 2.75) is 46.1 Å². The molecule has 16 heavy (non-hydrogen) atoms. The van der Waals surface area contributed by atoms with Gasteiger partial charge in [-0.1, -0.05) is 13.8 Å². The van der Waals surface area contributed by atoms with E-state index in [1.807, 2.05) is 13.8 Å². The summed E-state index contributed by atoms with van der Waals surface area (Å²) in [5.74, 6) is 0.333. The molecule has 0 spiro atoms. The first-order valence-electron chi connectivity index (χ1n) is 6.15. The largest absolute Gasteiger partial charge is 0.387 e. The molecule has 0 aromatic heterocycles. The standard InChI is InChI=1S/C13H24N2O/c1-11(2)13(16)9-15(10-13)7-5-6-12(3,4)8-14/h11,16H,5-7,9-10H2,1-4H3. The molecule has 3 nitrogen and oxygen atoms in total. The van der Waals surface area contributed by atoms with Crippen LogP contribution < -0.4 is 0 Å². The third-order valence-corrected chi connectivity index (χ3v) is 3.65. The van der Waals surface area contributed by atoms with Gasteiger partial charge in [0.15, 0.2) is 0 Å². The van der Waals surface area contributed by atoms with Crippen LogP contribution in [-0.2, 0) is 0 Å². The van der Waals surface area contributed by atoms with Crippen LogP contribution in [0.4, 0.5) is 0 Å².